The summed E-state index contributed by atoms with van der Waals surface area (Å²) < 4.78 is 21.2. The van der Waals surface area contributed by atoms with E-state index >= 15 is 0 Å². The molecule has 0 saturated carbocycles. The highest BCUT2D eigenvalue weighted by Crippen LogP contribution is 2.24. The fourth-order valence-corrected chi connectivity index (χ4v) is 4.48. The van der Waals surface area contributed by atoms with Crippen molar-refractivity contribution >= 4 is 57.5 Å². The molecule has 1 saturated heterocycles. The van der Waals surface area contributed by atoms with Crippen molar-refractivity contribution in [3.63, 3.8) is 0 Å². The Balaban J connectivity index is 1.58. The zero-order chi connectivity index (χ0) is 22.0. The number of hydrogen-bond donors (Lipinski definition) is 1. The third-order valence-electron chi connectivity index (χ3n) is 4.83. The number of hydrogen-bond acceptors (Lipinski definition) is 5. The van der Waals surface area contributed by atoms with E-state index in [1.165, 1.54) is 16.7 Å². The van der Waals surface area contributed by atoms with Gasteiger partial charge >= 0.3 is 0 Å². The first kappa shape index (κ1) is 22.1. The number of rotatable bonds is 6. The van der Waals surface area contributed by atoms with Crippen LogP contribution in [-0.4, -0.2) is 33.9 Å². The predicted octanol–water partition coefficient (Wildman–Crippen LogP) is 4.75. The highest BCUT2D eigenvalue weighted by Gasteiger charge is 2.21. The first-order valence-electron chi connectivity index (χ1n) is 9.60. The Morgan fingerprint density at radius 3 is 2.77 bits per heavy atom. The number of aromatic nitrogens is 2. The SMILES string of the molecule is O=C(CSc1nc2cc(Cl)ccc2c(=O)n1CC1CCCO1)Nc1ccc(Cl)cc1F. The maximum absolute atomic E-state index is 13.9. The summed E-state index contributed by atoms with van der Waals surface area (Å²) >= 11 is 12.9. The molecule has 0 aliphatic carbocycles. The summed E-state index contributed by atoms with van der Waals surface area (Å²) in [5, 5.41) is 4.03. The topological polar surface area (TPSA) is 73.2 Å². The van der Waals surface area contributed by atoms with E-state index in [-0.39, 0.29) is 28.1 Å². The van der Waals surface area contributed by atoms with Crippen molar-refractivity contribution in [3.8, 4) is 0 Å². The Morgan fingerprint density at radius 2 is 2.03 bits per heavy atom. The molecule has 1 fully saturated rings. The van der Waals surface area contributed by atoms with E-state index in [2.05, 4.69) is 10.3 Å². The van der Waals surface area contributed by atoms with E-state index in [1.807, 2.05) is 0 Å². The van der Waals surface area contributed by atoms with Gasteiger partial charge in [-0.05, 0) is 49.2 Å². The van der Waals surface area contributed by atoms with Gasteiger partial charge in [-0.3, -0.25) is 14.2 Å². The average molecular weight is 482 g/mol. The number of halogens is 3. The molecule has 2 aromatic carbocycles. The Labute approximate surface area is 191 Å². The Bertz CT molecular complexity index is 1200. The number of ether oxygens (including phenoxy) is 1. The lowest BCUT2D eigenvalue weighted by Gasteiger charge is -2.16. The van der Waals surface area contributed by atoms with Crippen LogP contribution in [-0.2, 0) is 16.1 Å². The van der Waals surface area contributed by atoms with Gasteiger partial charge in [-0.25, -0.2) is 9.37 Å². The fourth-order valence-electron chi connectivity index (χ4n) is 3.34. The van der Waals surface area contributed by atoms with E-state index in [0.29, 0.717) is 34.2 Å². The van der Waals surface area contributed by atoms with Crippen LogP contribution in [0.5, 0.6) is 0 Å². The molecule has 2 heterocycles. The Morgan fingerprint density at radius 1 is 1.26 bits per heavy atom. The van der Waals surface area contributed by atoms with Gasteiger partial charge in [-0.1, -0.05) is 35.0 Å². The minimum atomic E-state index is -0.625. The second-order valence-electron chi connectivity index (χ2n) is 7.07. The number of anilines is 1. The van der Waals surface area contributed by atoms with Gasteiger partial charge in [0.25, 0.3) is 5.56 Å². The summed E-state index contributed by atoms with van der Waals surface area (Å²) in [5.41, 5.74) is 0.265. The number of thioether (sulfide) groups is 1. The lowest BCUT2D eigenvalue weighted by atomic mass is 10.2. The van der Waals surface area contributed by atoms with E-state index in [4.69, 9.17) is 27.9 Å². The van der Waals surface area contributed by atoms with Crippen LogP contribution in [0, 0.1) is 5.82 Å². The summed E-state index contributed by atoms with van der Waals surface area (Å²) in [6.45, 7) is 1.01. The number of amides is 1. The second kappa shape index (κ2) is 9.56. The molecule has 10 heteroatoms. The monoisotopic (exact) mass is 481 g/mol. The fraction of sp³-hybridized carbons (Fsp3) is 0.286. The maximum Gasteiger partial charge on any atom is 0.262 e. The molecule has 1 N–H and O–H groups in total. The lowest BCUT2D eigenvalue weighted by molar-refractivity contribution is -0.113. The molecule has 6 nitrogen and oxygen atoms in total. The molecule has 0 spiro atoms. The minimum absolute atomic E-state index is 0.0324. The molecular formula is C21H18Cl2FN3O3S. The van der Waals surface area contributed by atoms with Crippen molar-refractivity contribution in [2.75, 3.05) is 17.7 Å². The molecule has 0 radical (unpaired) electrons. The first-order valence-corrected chi connectivity index (χ1v) is 11.3. The highest BCUT2D eigenvalue weighted by atomic mass is 35.5. The highest BCUT2D eigenvalue weighted by molar-refractivity contribution is 7.99. The number of nitrogens with one attached hydrogen (secondary N) is 1. The van der Waals surface area contributed by atoms with Crippen LogP contribution in [0.3, 0.4) is 0 Å². The van der Waals surface area contributed by atoms with E-state index in [1.54, 1.807) is 18.2 Å². The third-order valence-corrected chi connectivity index (χ3v) is 6.28. The van der Waals surface area contributed by atoms with Crippen molar-refractivity contribution < 1.29 is 13.9 Å². The molecule has 1 unspecified atom stereocenters. The molecule has 0 bridgehead atoms. The molecule has 4 rings (SSSR count). The number of carbonyl (C=O) groups is 1. The minimum Gasteiger partial charge on any atom is -0.376 e. The molecule has 162 valence electrons. The van der Waals surface area contributed by atoms with Crippen LogP contribution in [0.4, 0.5) is 10.1 Å². The van der Waals surface area contributed by atoms with Crippen LogP contribution < -0.4 is 10.9 Å². The van der Waals surface area contributed by atoms with Crippen molar-refractivity contribution in [1.29, 1.82) is 0 Å². The van der Waals surface area contributed by atoms with E-state index < -0.39 is 11.7 Å². The lowest BCUT2D eigenvalue weighted by Crippen LogP contribution is -2.29. The molecule has 1 aromatic heterocycles. The summed E-state index contributed by atoms with van der Waals surface area (Å²) in [6, 6.07) is 8.90. The molecule has 31 heavy (non-hydrogen) atoms. The zero-order valence-corrected chi connectivity index (χ0v) is 18.6. The zero-order valence-electron chi connectivity index (χ0n) is 16.2. The summed E-state index contributed by atoms with van der Waals surface area (Å²) in [7, 11) is 0. The summed E-state index contributed by atoms with van der Waals surface area (Å²) in [4.78, 5) is 30.1. The second-order valence-corrected chi connectivity index (χ2v) is 8.88. The molecular weight excluding hydrogens is 464 g/mol. The van der Waals surface area contributed by atoms with Gasteiger partial charge < -0.3 is 10.1 Å². The van der Waals surface area contributed by atoms with Crippen LogP contribution >= 0.6 is 35.0 Å². The first-order chi connectivity index (χ1) is 14.9. The molecule has 1 atom stereocenters. The Hall–Kier alpha value is -2.13. The molecule has 3 aromatic rings. The van der Waals surface area contributed by atoms with Gasteiger partial charge in [0, 0.05) is 16.7 Å². The molecule has 1 aliphatic heterocycles. The van der Waals surface area contributed by atoms with Crippen LogP contribution in [0.2, 0.25) is 10.0 Å². The molecule has 1 amide bonds. The quantitative estimate of drug-likeness (QED) is 0.406. The van der Waals surface area contributed by atoms with Gasteiger partial charge in [0.15, 0.2) is 5.16 Å². The van der Waals surface area contributed by atoms with Crippen molar-refractivity contribution in [1.82, 2.24) is 9.55 Å². The van der Waals surface area contributed by atoms with Crippen molar-refractivity contribution in [2.45, 2.75) is 30.6 Å². The van der Waals surface area contributed by atoms with Crippen LogP contribution in [0.1, 0.15) is 12.8 Å². The number of carbonyl (C=O) groups excluding carboxylic acids is 1. The van der Waals surface area contributed by atoms with Crippen molar-refractivity contribution in [2.24, 2.45) is 0 Å². The van der Waals surface area contributed by atoms with Gasteiger partial charge in [0.1, 0.15) is 5.82 Å². The number of fused-ring (bicyclic) bond motifs is 1. The van der Waals surface area contributed by atoms with Crippen molar-refractivity contribution in [3.05, 3.63) is 62.6 Å². The van der Waals surface area contributed by atoms with Gasteiger partial charge in [0.05, 0.1) is 35.0 Å². The normalized spacial score (nSPS) is 16.0. The predicted molar refractivity (Wildman–Crippen MR) is 121 cm³/mol. The average Bonchev–Trinajstić information content (AvgIpc) is 3.24. The third kappa shape index (κ3) is 5.20. The van der Waals surface area contributed by atoms with Gasteiger partial charge in [-0.2, -0.15) is 0 Å². The van der Waals surface area contributed by atoms with Crippen LogP contribution in [0.15, 0.2) is 46.3 Å². The maximum atomic E-state index is 13.9. The number of benzene rings is 2. The van der Waals surface area contributed by atoms with Gasteiger partial charge in [-0.15, -0.1) is 0 Å². The smallest absolute Gasteiger partial charge is 0.262 e. The molecule has 1 aliphatic rings. The van der Waals surface area contributed by atoms with Crippen LogP contribution in [0.25, 0.3) is 10.9 Å². The largest absolute Gasteiger partial charge is 0.376 e. The summed E-state index contributed by atoms with van der Waals surface area (Å²) in [5.74, 6) is -1.12. The summed E-state index contributed by atoms with van der Waals surface area (Å²) in [6.07, 6.45) is 1.71. The Kier molecular flexibility index (Phi) is 6.81. The number of nitrogens with zero attached hydrogens (tertiary/aromatic N) is 2. The van der Waals surface area contributed by atoms with E-state index in [0.717, 1.165) is 30.7 Å². The standard InChI is InChI=1S/C21H18Cl2FN3O3S/c22-12-4-6-17(16(24)8-12)25-19(28)11-31-21-26-18-9-13(23)3-5-15(18)20(29)27(21)10-14-2-1-7-30-14/h3-6,8-9,14H,1-2,7,10-11H2,(H,25,28). The van der Waals surface area contributed by atoms with Gasteiger partial charge in [0.2, 0.25) is 5.91 Å². The van der Waals surface area contributed by atoms with E-state index in [9.17, 15) is 14.0 Å².